The Labute approximate surface area is 120 Å². The van der Waals surface area contributed by atoms with Crippen molar-refractivity contribution in [3.8, 4) is 0 Å². The molecule has 0 aliphatic heterocycles. The van der Waals surface area contributed by atoms with Crippen molar-refractivity contribution in [3.63, 3.8) is 0 Å². The summed E-state index contributed by atoms with van der Waals surface area (Å²) in [6.07, 6.45) is 2.20. The summed E-state index contributed by atoms with van der Waals surface area (Å²) in [6, 6.07) is 0. The van der Waals surface area contributed by atoms with E-state index in [1.807, 2.05) is 0 Å². The van der Waals surface area contributed by atoms with Crippen molar-refractivity contribution in [2.45, 2.75) is 26.8 Å². The van der Waals surface area contributed by atoms with Crippen LogP contribution in [0.4, 0.5) is 5.13 Å². The smallest absolute Gasteiger partial charge is 0.265 e. The van der Waals surface area contributed by atoms with E-state index < -0.39 is 0 Å². The van der Waals surface area contributed by atoms with Crippen LogP contribution in [-0.4, -0.2) is 33.0 Å². The lowest BCUT2D eigenvalue weighted by atomic mass is 10.1. The van der Waals surface area contributed by atoms with E-state index in [9.17, 15) is 4.79 Å². The number of hydrogen-bond acceptors (Lipinski definition) is 7. The lowest BCUT2D eigenvalue weighted by Gasteiger charge is -2.12. The van der Waals surface area contributed by atoms with Gasteiger partial charge in [0.15, 0.2) is 11.0 Å². The van der Waals surface area contributed by atoms with Crippen molar-refractivity contribution < 1.29 is 9.32 Å². The van der Waals surface area contributed by atoms with Crippen molar-refractivity contribution in [2.24, 2.45) is 5.92 Å². The minimum atomic E-state index is -0.158. The van der Waals surface area contributed by atoms with Crippen LogP contribution in [0.2, 0.25) is 0 Å². The summed E-state index contributed by atoms with van der Waals surface area (Å²) in [5.41, 5.74) is 5.52. The summed E-state index contributed by atoms with van der Waals surface area (Å²) in [7, 11) is 1.68. The number of carbonyl (C=O) groups excluding carboxylic acids is 1. The molecule has 0 aromatic carbocycles. The summed E-state index contributed by atoms with van der Waals surface area (Å²) in [5, 5.41) is 4.25. The largest absolute Gasteiger partial charge is 0.375 e. The van der Waals surface area contributed by atoms with Crippen LogP contribution in [0.3, 0.4) is 0 Å². The number of anilines is 1. The molecule has 0 aliphatic carbocycles. The number of hydrogen-bond donors (Lipinski definition) is 1. The molecule has 0 spiro atoms. The van der Waals surface area contributed by atoms with Crippen LogP contribution in [0.25, 0.3) is 0 Å². The van der Waals surface area contributed by atoms with Crippen LogP contribution < -0.4 is 5.73 Å². The Morgan fingerprint density at radius 2 is 2.30 bits per heavy atom. The van der Waals surface area contributed by atoms with Crippen molar-refractivity contribution in [3.05, 3.63) is 22.8 Å². The van der Waals surface area contributed by atoms with Gasteiger partial charge in [-0.2, -0.15) is 4.98 Å². The van der Waals surface area contributed by atoms with Gasteiger partial charge in [-0.1, -0.05) is 30.3 Å². The molecule has 20 heavy (non-hydrogen) atoms. The van der Waals surface area contributed by atoms with Gasteiger partial charge in [0, 0.05) is 13.5 Å². The number of amides is 1. The fourth-order valence-corrected chi connectivity index (χ4v) is 2.32. The SMILES string of the molecule is CC(C)Cc1nc(CN(C)C(=O)c2cnc(N)s2)no1. The van der Waals surface area contributed by atoms with Crippen molar-refractivity contribution in [2.75, 3.05) is 12.8 Å². The molecule has 0 aliphatic rings. The molecule has 2 aromatic heterocycles. The maximum absolute atomic E-state index is 12.1. The minimum Gasteiger partial charge on any atom is -0.375 e. The second-order valence-electron chi connectivity index (χ2n) is 4.93. The van der Waals surface area contributed by atoms with Crippen LogP contribution >= 0.6 is 11.3 Å². The molecule has 7 nitrogen and oxygen atoms in total. The molecule has 0 saturated heterocycles. The normalized spacial score (nSPS) is 11.0. The summed E-state index contributed by atoms with van der Waals surface area (Å²) in [5.74, 6) is 1.38. The Morgan fingerprint density at radius 3 is 2.90 bits per heavy atom. The number of carbonyl (C=O) groups is 1. The van der Waals surface area contributed by atoms with E-state index in [-0.39, 0.29) is 12.5 Å². The van der Waals surface area contributed by atoms with Gasteiger partial charge in [-0.25, -0.2) is 4.98 Å². The predicted octanol–water partition coefficient (Wildman–Crippen LogP) is 1.58. The van der Waals surface area contributed by atoms with Crippen LogP contribution in [0, 0.1) is 5.92 Å². The van der Waals surface area contributed by atoms with Crippen molar-refractivity contribution in [1.29, 1.82) is 0 Å². The van der Waals surface area contributed by atoms with E-state index >= 15 is 0 Å². The number of aromatic nitrogens is 3. The second-order valence-corrected chi connectivity index (χ2v) is 5.99. The average molecular weight is 295 g/mol. The number of nitrogen functional groups attached to an aromatic ring is 1. The highest BCUT2D eigenvalue weighted by atomic mass is 32.1. The molecular formula is C12H17N5O2S. The lowest BCUT2D eigenvalue weighted by molar-refractivity contribution is 0.0785. The molecule has 0 fully saturated rings. The first kappa shape index (κ1) is 14.4. The molecular weight excluding hydrogens is 278 g/mol. The maximum Gasteiger partial charge on any atom is 0.265 e. The molecule has 0 saturated carbocycles. The van der Waals surface area contributed by atoms with Crippen molar-refractivity contribution >= 4 is 22.4 Å². The fraction of sp³-hybridized carbons (Fsp3) is 0.500. The molecule has 0 unspecified atom stereocenters. The van der Waals surface area contributed by atoms with Gasteiger partial charge in [-0.05, 0) is 5.92 Å². The Morgan fingerprint density at radius 1 is 1.55 bits per heavy atom. The number of thiazole rings is 1. The lowest BCUT2D eigenvalue weighted by Crippen LogP contribution is -2.26. The van der Waals surface area contributed by atoms with Gasteiger partial charge >= 0.3 is 0 Å². The zero-order valence-corrected chi connectivity index (χ0v) is 12.5. The molecule has 108 valence electrons. The van der Waals surface area contributed by atoms with Gasteiger partial charge in [0.1, 0.15) is 4.88 Å². The van der Waals surface area contributed by atoms with E-state index in [1.165, 1.54) is 11.1 Å². The summed E-state index contributed by atoms with van der Waals surface area (Å²) < 4.78 is 5.14. The van der Waals surface area contributed by atoms with E-state index in [2.05, 4.69) is 29.0 Å². The molecule has 1 amide bonds. The highest BCUT2D eigenvalue weighted by Crippen LogP contribution is 2.17. The number of nitrogens with zero attached hydrogens (tertiary/aromatic N) is 4. The van der Waals surface area contributed by atoms with Gasteiger partial charge < -0.3 is 15.2 Å². The van der Waals surface area contributed by atoms with Gasteiger partial charge in [0.2, 0.25) is 5.89 Å². The fourth-order valence-electron chi connectivity index (χ4n) is 1.65. The molecule has 2 N–H and O–H groups in total. The Kier molecular flexibility index (Phi) is 4.33. The molecule has 2 heterocycles. The summed E-state index contributed by atoms with van der Waals surface area (Å²) in [6.45, 7) is 4.44. The molecule has 0 bridgehead atoms. The Bertz CT molecular complexity index is 592. The van der Waals surface area contributed by atoms with Gasteiger partial charge in [-0.15, -0.1) is 0 Å². The van der Waals surface area contributed by atoms with E-state index in [0.717, 1.165) is 17.8 Å². The maximum atomic E-state index is 12.1. The van der Waals surface area contributed by atoms with Gasteiger partial charge in [0.05, 0.1) is 12.7 Å². The zero-order chi connectivity index (χ0) is 14.7. The third-order valence-electron chi connectivity index (χ3n) is 2.55. The standard InChI is InChI=1S/C12H17N5O2S/c1-7(2)4-10-15-9(16-19-10)6-17(3)11(18)8-5-14-12(13)20-8/h5,7H,4,6H2,1-3H3,(H2,13,14). The summed E-state index contributed by atoms with van der Waals surface area (Å²) in [4.78, 5) is 22.2. The van der Waals surface area contributed by atoms with Crippen LogP contribution in [0.1, 0.15) is 35.2 Å². The van der Waals surface area contributed by atoms with Crippen LogP contribution in [-0.2, 0) is 13.0 Å². The predicted molar refractivity (Wildman–Crippen MR) is 75.2 cm³/mol. The Hall–Kier alpha value is -1.96. The molecule has 2 aromatic rings. The first-order chi connectivity index (χ1) is 9.45. The van der Waals surface area contributed by atoms with Crippen LogP contribution in [0.15, 0.2) is 10.7 Å². The molecule has 0 radical (unpaired) electrons. The third kappa shape index (κ3) is 3.53. The Balaban J connectivity index is 1.98. The minimum absolute atomic E-state index is 0.158. The van der Waals surface area contributed by atoms with Crippen LogP contribution in [0.5, 0.6) is 0 Å². The number of nitrogens with two attached hydrogens (primary N) is 1. The molecule has 0 atom stereocenters. The first-order valence-corrected chi connectivity index (χ1v) is 7.05. The number of rotatable bonds is 5. The second kappa shape index (κ2) is 6.00. The van der Waals surface area contributed by atoms with Crippen molar-refractivity contribution in [1.82, 2.24) is 20.0 Å². The average Bonchev–Trinajstić information content (AvgIpc) is 2.97. The quantitative estimate of drug-likeness (QED) is 0.899. The topological polar surface area (TPSA) is 98.1 Å². The molecule has 2 rings (SSSR count). The zero-order valence-electron chi connectivity index (χ0n) is 11.7. The van der Waals surface area contributed by atoms with Gasteiger partial charge in [-0.3, -0.25) is 4.79 Å². The van der Waals surface area contributed by atoms with E-state index in [1.54, 1.807) is 7.05 Å². The monoisotopic (exact) mass is 295 g/mol. The van der Waals surface area contributed by atoms with E-state index in [4.69, 9.17) is 10.3 Å². The highest BCUT2D eigenvalue weighted by molar-refractivity contribution is 7.17. The first-order valence-electron chi connectivity index (χ1n) is 6.24. The molecule has 8 heteroatoms. The van der Waals surface area contributed by atoms with E-state index in [0.29, 0.717) is 27.6 Å². The van der Waals surface area contributed by atoms with Gasteiger partial charge in [0.25, 0.3) is 5.91 Å². The highest BCUT2D eigenvalue weighted by Gasteiger charge is 2.17. The third-order valence-corrected chi connectivity index (χ3v) is 3.37. The summed E-state index contributed by atoms with van der Waals surface area (Å²) >= 11 is 1.16.